The summed E-state index contributed by atoms with van der Waals surface area (Å²) in [5, 5.41) is 0. The highest BCUT2D eigenvalue weighted by molar-refractivity contribution is 5.50. The van der Waals surface area contributed by atoms with E-state index in [2.05, 4.69) is 6.07 Å². The Morgan fingerprint density at radius 2 is 2.17 bits per heavy atom. The van der Waals surface area contributed by atoms with Crippen LogP contribution < -0.4 is 10.5 Å². The molecule has 12 heavy (non-hydrogen) atoms. The highest BCUT2D eigenvalue weighted by atomic mass is 16.5. The Balaban J connectivity index is 2.38. The van der Waals surface area contributed by atoms with Crippen molar-refractivity contribution in [1.29, 1.82) is 0 Å². The standard InChI is InChI=1S/C10H13NO/c1-12-10-6-8(11)4-5-9(10)7-2-3-7/h4-7H,2-3,11H2,1H3. The number of hydrogen-bond donors (Lipinski definition) is 1. The molecule has 2 N–H and O–H groups in total. The molecule has 1 fully saturated rings. The van der Waals surface area contributed by atoms with Gasteiger partial charge in [0.25, 0.3) is 0 Å². The number of anilines is 1. The molecule has 0 heterocycles. The molecule has 2 heteroatoms. The number of rotatable bonds is 2. The molecule has 2 rings (SSSR count). The van der Waals surface area contributed by atoms with Crippen molar-refractivity contribution in [3.8, 4) is 5.75 Å². The second kappa shape index (κ2) is 2.70. The summed E-state index contributed by atoms with van der Waals surface area (Å²) in [6.07, 6.45) is 2.58. The topological polar surface area (TPSA) is 35.2 Å². The molecule has 1 aromatic rings. The van der Waals surface area contributed by atoms with Gasteiger partial charge < -0.3 is 10.5 Å². The van der Waals surface area contributed by atoms with Crippen molar-refractivity contribution in [3.63, 3.8) is 0 Å². The summed E-state index contributed by atoms with van der Waals surface area (Å²) in [6, 6.07) is 5.91. The molecule has 1 saturated carbocycles. The molecule has 2 nitrogen and oxygen atoms in total. The predicted octanol–water partition coefficient (Wildman–Crippen LogP) is 2.15. The zero-order chi connectivity index (χ0) is 8.55. The van der Waals surface area contributed by atoms with Gasteiger partial charge in [-0.1, -0.05) is 6.07 Å². The van der Waals surface area contributed by atoms with Crippen molar-refractivity contribution < 1.29 is 4.74 Å². The fourth-order valence-corrected chi connectivity index (χ4v) is 1.46. The SMILES string of the molecule is COc1cc(N)ccc1C1CC1. The van der Waals surface area contributed by atoms with Crippen molar-refractivity contribution in [2.24, 2.45) is 0 Å². The van der Waals surface area contributed by atoms with E-state index in [1.807, 2.05) is 12.1 Å². The van der Waals surface area contributed by atoms with Gasteiger partial charge >= 0.3 is 0 Å². The third kappa shape index (κ3) is 1.24. The monoisotopic (exact) mass is 163 g/mol. The molecule has 0 unspecified atom stereocenters. The number of hydrogen-bond acceptors (Lipinski definition) is 2. The van der Waals surface area contributed by atoms with Gasteiger partial charge in [0.05, 0.1) is 7.11 Å². The van der Waals surface area contributed by atoms with Gasteiger partial charge in [0.1, 0.15) is 5.75 Å². The van der Waals surface area contributed by atoms with Crippen LogP contribution in [0.3, 0.4) is 0 Å². The minimum absolute atomic E-state index is 0.723. The number of benzene rings is 1. The summed E-state index contributed by atoms with van der Waals surface area (Å²) < 4.78 is 5.25. The minimum atomic E-state index is 0.723. The molecule has 64 valence electrons. The second-order valence-electron chi connectivity index (χ2n) is 3.28. The van der Waals surface area contributed by atoms with E-state index in [0.29, 0.717) is 0 Å². The lowest BCUT2D eigenvalue weighted by atomic mass is 10.1. The van der Waals surface area contributed by atoms with E-state index in [-0.39, 0.29) is 0 Å². The van der Waals surface area contributed by atoms with E-state index in [1.54, 1.807) is 7.11 Å². The van der Waals surface area contributed by atoms with Crippen molar-refractivity contribution in [2.75, 3.05) is 12.8 Å². The average molecular weight is 163 g/mol. The maximum Gasteiger partial charge on any atom is 0.124 e. The Morgan fingerprint density at radius 3 is 2.75 bits per heavy atom. The summed E-state index contributed by atoms with van der Waals surface area (Å²) in [5.74, 6) is 1.66. The van der Waals surface area contributed by atoms with Gasteiger partial charge in [-0.2, -0.15) is 0 Å². The number of ether oxygens (including phenoxy) is 1. The van der Waals surface area contributed by atoms with E-state index < -0.39 is 0 Å². The quantitative estimate of drug-likeness (QED) is 0.678. The smallest absolute Gasteiger partial charge is 0.124 e. The van der Waals surface area contributed by atoms with Gasteiger partial charge in [-0.25, -0.2) is 0 Å². The first kappa shape index (κ1) is 7.47. The minimum Gasteiger partial charge on any atom is -0.496 e. The van der Waals surface area contributed by atoms with Crippen LogP contribution in [-0.2, 0) is 0 Å². The van der Waals surface area contributed by atoms with Crippen LogP contribution in [0.5, 0.6) is 5.75 Å². The second-order valence-corrected chi connectivity index (χ2v) is 3.28. The van der Waals surface area contributed by atoms with E-state index in [9.17, 15) is 0 Å². The highest BCUT2D eigenvalue weighted by Crippen LogP contribution is 2.44. The molecular weight excluding hydrogens is 150 g/mol. The summed E-state index contributed by atoms with van der Waals surface area (Å²) in [4.78, 5) is 0. The van der Waals surface area contributed by atoms with Crippen LogP contribution in [0.1, 0.15) is 24.3 Å². The first-order valence-corrected chi connectivity index (χ1v) is 4.24. The summed E-state index contributed by atoms with van der Waals surface area (Å²) >= 11 is 0. The maximum atomic E-state index is 5.64. The van der Waals surface area contributed by atoms with E-state index in [1.165, 1.54) is 18.4 Å². The highest BCUT2D eigenvalue weighted by Gasteiger charge is 2.26. The van der Waals surface area contributed by atoms with Gasteiger partial charge in [-0.05, 0) is 30.4 Å². The first-order valence-electron chi connectivity index (χ1n) is 4.24. The number of nitrogen functional groups attached to an aromatic ring is 1. The van der Waals surface area contributed by atoms with Gasteiger partial charge in [0.15, 0.2) is 0 Å². The normalized spacial score (nSPS) is 16.1. The molecule has 0 aromatic heterocycles. The van der Waals surface area contributed by atoms with E-state index in [0.717, 1.165) is 17.4 Å². The van der Waals surface area contributed by atoms with Crippen LogP contribution in [0.25, 0.3) is 0 Å². The van der Waals surface area contributed by atoms with Crippen molar-refractivity contribution in [1.82, 2.24) is 0 Å². The lowest BCUT2D eigenvalue weighted by Crippen LogP contribution is -1.92. The van der Waals surface area contributed by atoms with Crippen LogP contribution >= 0.6 is 0 Å². The Labute approximate surface area is 72.3 Å². The summed E-state index contributed by atoms with van der Waals surface area (Å²) in [7, 11) is 1.70. The maximum absolute atomic E-state index is 5.64. The van der Waals surface area contributed by atoms with E-state index in [4.69, 9.17) is 10.5 Å². The third-order valence-corrected chi connectivity index (χ3v) is 2.27. The molecule has 0 saturated heterocycles. The number of methoxy groups -OCH3 is 1. The molecule has 0 aliphatic heterocycles. The van der Waals surface area contributed by atoms with Crippen molar-refractivity contribution in [2.45, 2.75) is 18.8 Å². The lowest BCUT2D eigenvalue weighted by molar-refractivity contribution is 0.410. The molecule has 1 aliphatic rings. The summed E-state index contributed by atoms with van der Waals surface area (Å²) in [6.45, 7) is 0. The zero-order valence-electron chi connectivity index (χ0n) is 7.21. The largest absolute Gasteiger partial charge is 0.496 e. The van der Waals surface area contributed by atoms with Crippen LogP contribution in [0, 0.1) is 0 Å². The van der Waals surface area contributed by atoms with Crippen molar-refractivity contribution >= 4 is 5.69 Å². The lowest BCUT2D eigenvalue weighted by Gasteiger charge is -2.07. The molecule has 1 aromatic carbocycles. The molecule has 1 aliphatic carbocycles. The van der Waals surface area contributed by atoms with Gasteiger partial charge in [-0.3, -0.25) is 0 Å². The average Bonchev–Trinajstić information content (AvgIpc) is 2.87. The number of nitrogens with two attached hydrogens (primary N) is 1. The zero-order valence-corrected chi connectivity index (χ0v) is 7.21. The van der Waals surface area contributed by atoms with Crippen LogP contribution in [0.15, 0.2) is 18.2 Å². The molecule has 0 atom stereocenters. The van der Waals surface area contributed by atoms with Crippen LogP contribution in [0.4, 0.5) is 5.69 Å². The Hall–Kier alpha value is -1.18. The van der Waals surface area contributed by atoms with E-state index >= 15 is 0 Å². The van der Waals surface area contributed by atoms with Gasteiger partial charge in [-0.15, -0.1) is 0 Å². The molecule has 0 bridgehead atoms. The molecule has 0 spiro atoms. The molecular formula is C10H13NO. The fourth-order valence-electron chi connectivity index (χ4n) is 1.46. The Morgan fingerprint density at radius 1 is 1.42 bits per heavy atom. The van der Waals surface area contributed by atoms with Crippen LogP contribution in [-0.4, -0.2) is 7.11 Å². The predicted molar refractivity (Wildman–Crippen MR) is 49.4 cm³/mol. The molecule has 0 amide bonds. The fraction of sp³-hybridized carbons (Fsp3) is 0.400. The first-order chi connectivity index (χ1) is 5.81. The Kier molecular flexibility index (Phi) is 1.68. The van der Waals surface area contributed by atoms with Gasteiger partial charge in [0, 0.05) is 11.8 Å². The van der Waals surface area contributed by atoms with Crippen molar-refractivity contribution in [3.05, 3.63) is 23.8 Å². The molecule has 0 radical (unpaired) electrons. The Bertz CT molecular complexity index is 292. The third-order valence-electron chi connectivity index (χ3n) is 2.27. The van der Waals surface area contributed by atoms with Crippen LogP contribution in [0.2, 0.25) is 0 Å². The van der Waals surface area contributed by atoms with Gasteiger partial charge in [0.2, 0.25) is 0 Å². The summed E-state index contributed by atoms with van der Waals surface area (Å²) in [5.41, 5.74) is 7.73.